The lowest BCUT2D eigenvalue weighted by Crippen LogP contribution is -2.28. The standard InChI is InChI=1S/C21H32O2Si/c1-7-24(8-2,9-3)16-15-19(20(22)23-21(4,5)6)17-18-13-11-10-12-14-18/h10-14,16H,7-9,17H2,1-6H3. The summed E-state index contributed by atoms with van der Waals surface area (Å²) in [6, 6.07) is 13.6. The van der Waals surface area contributed by atoms with Gasteiger partial charge in [0, 0.05) is 6.42 Å². The highest BCUT2D eigenvalue weighted by Crippen LogP contribution is 2.22. The first-order valence-corrected chi connectivity index (χ1v) is 11.7. The normalized spacial score (nSPS) is 11.6. The maximum Gasteiger partial charge on any atom is 0.342 e. The third-order valence-corrected chi connectivity index (χ3v) is 9.52. The smallest absolute Gasteiger partial charge is 0.342 e. The Morgan fingerprint density at radius 3 is 2.08 bits per heavy atom. The molecule has 0 bridgehead atoms. The monoisotopic (exact) mass is 344 g/mol. The average Bonchev–Trinajstić information content (AvgIpc) is 2.54. The number of rotatable bonds is 7. The van der Waals surface area contributed by atoms with Gasteiger partial charge in [-0.05, 0) is 26.3 Å². The Labute approximate surface area is 148 Å². The van der Waals surface area contributed by atoms with Gasteiger partial charge in [-0.2, -0.15) is 0 Å². The molecular formula is C21H32O2Si. The lowest BCUT2D eigenvalue weighted by molar-refractivity contribution is -0.149. The quantitative estimate of drug-likeness (QED) is 0.274. The molecule has 0 spiro atoms. The van der Waals surface area contributed by atoms with Crippen molar-refractivity contribution in [3.8, 4) is 0 Å². The Morgan fingerprint density at radius 1 is 1.08 bits per heavy atom. The van der Waals surface area contributed by atoms with E-state index in [0.29, 0.717) is 12.0 Å². The summed E-state index contributed by atoms with van der Waals surface area (Å²) >= 11 is 0. The molecule has 0 amide bonds. The first-order chi connectivity index (χ1) is 11.2. The van der Waals surface area contributed by atoms with Crippen molar-refractivity contribution < 1.29 is 9.53 Å². The van der Waals surface area contributed by atoms with Crippen molar-refractivity contribution in [1.29, 1.82) is 0 Å². The molecule has 0 fully saturated rings. The summed E-state index contributed by atoms with van der Waals surface area (Å²) in [4.78, 5) is 12.6. The van der Waals surface area contributed by atoms with Crippen LogP contribution in [0.2, 0.25) is 18.1 Å². The van der Waals surface area contributed by atoms with E-state index in [1.54, 1.807) is 0 Å². The van der Waals surface area contributed by atoms with Gasteiger partial charge in [-0.15, -0.1) is 5.73 Å². The molecule has 24 heavy (non-hydrogen) atoms. The highest BCUT2D eigenvalue weighted by molar-refractivity contribution is 6.84. The molecule has 0 aliphatic rings. The minimum atomic E-state index is -1.47. The molecule has 0 unspecified atom stereocenters. The topological polar surface area (TPSA) is 26.3 Å². The van der Waals surface area contributed by atoms with Gasteiger partial charge in [0.05, 0.1) is 13.6 Å². The summed E-state index contributed by atoms with van der Waals surface area (Å²) in [5.74, 6) is -0.256. The summed E-state index contributed by atoms with van der Waals surface area (Å²) in [6.07, 6.45) is 0.563. The van der Waals surface area contributed by atoms with E-state index in [1.165, 1.54) is 18.1 Å². The van der Waals surface area contributed by atoms with Crippen LogP contribution < -0.4 is 0 Å². The maximum atomic E-state index is 12.6. The van der Waals surface area contributed by atoms with Crippen LogP contribution >= 0.6 is 0 Å². The van der Waals surface area contributed by atoms with E-state index >= 15 is 0 Å². The van der Waals surface area contributed by atoms with Crippen LogP contribution in [0.5, 0.6) is 0 Å². The number of ether oxygens (including phenoxy) is 1. The number of esters is 1. The molecule has 0 aliphatic carbocycles. The zero-order valence-electron chi connectivity index (χ0n) is 16.1. The number of carbonyl (C=O) groups excluding carboxylic acids is 1. The summed E-state index contributed by atoms with van der Waals surface area (Å²) in [6.45, 7) is 12.5. The van der Waals surface area contributed by atoms with Gasteiger partial charge >= 0.3 is 5.97 Å². The Bertz CT molecular complexity index is 578. The van der Waals surface area contributed by atoms with Crippen molar-refractivity contribution in [2.24, 2.45) is 0 Å². The van der Waals surface area contributed by atoms with Gasteiger partial charge in [-0.25, -0.2) is 4.79 Å². The van der Waals surface area contributed by atoms with Crippen molar-refractivity contribution in [2.75, 3.05) is 0 Å². The summed E-state index contributed by atoms with van der Waals surface area (Å²) in [5.41, 5.74) is 6.84. The predicted octanol–water partition coefficient (Wildman–Crippen LogP) is 5.70. The SMILES string of the molecule is CC[Si](C=C=C(Cc1ccccc1)C(=O)OC(C)(C)C)(CC)CC. The molecule has 1 rings (SSSR count). The van der Waals surface area contributed by atoms with Crippen LogP contribution in [0.4, 0.5) is 0 Å². The third kappa shape index (κ3) is 6.50. The first-order valence-electron chi connectivity index (χ1n) is 8.99. The molecule has 1 aromatic carbocycles. The molecule has 0 aromatic heterocycles. The molecule has 0 atom stereocenters. The molecule has 132 valence electrons. The van der Waals surface area contributed by atoms with Crippen LogP contribution in [0, 0.1) is 0 Å². The Hall–Kier alpha value is -1.57. The van der Waals surface area contributed by atoms with Gasteiger partial charge in [0.1, 0.15) is 5.60 Å². The fourth-order valence-corrected chi connectivity index (χ4v) is 5.21. The van der Waals surface area contributed by atoms with Crippen molar-refractivity contribution in [3.05, 3.63) is 52.9 Å². The number of hydrogen-bond acceptors (Lipinski definition) is 2. The molecular weight excluding hydrogens is 312 g/mol. The third-order valence-electron chi connectivity index (χ3n) is 4.53. The number of hydrogen-bond donors (Lipinski definition) is 0. The fraction of sp³-hybridized carbons (Fsp3) is 0.524. The van der Waals surface area contributed by atoms with Crippen LogP contribution in [0.25, 0.3) is 0 Å². The van der Waals surface area contributed by atoms with Crippen molar-refractivity contribution in [3.63, 3.8) is 0 Å². The van der Waals surface area contributed by atoms with Crippen LogP contribution in [0.3, 0.4) is 0 Å². The van der Waals surface area contributed by atoms with Gasteiger partial charge in [-0.1, -0.05) is 74.9 Å². The van der Waals surface area contributed by atoms with E-state index in [0.717, 1.165) is 5.56 Å². The van der Waals surface area contributed by atoms with Gasteiger partial charge in [0.15, 0.2) is 0 Å². The van der Waals surface area contributed by atoms with E-state index in [9.17, 15) is 4.79 Å². The predicted molar refractivity (Wildman–Crippen MR) is 105 cm³/mol. The molecule has 3 heteroatoms. The zero-order valence-corrected chi connectivity index (χ0v) is 17.1. The number of benzene rings is 1. The maximum absolute atomic E-state index is 12.6. The second-order valence-electron chi connectivity index (χ2n) is 7.35. The highest BCUT2D eigenvalue weighted by Gasteiger charge is 2.24. The molecule has 0 N–H and O–H groups in total. The Kier molecular flexibility index (Phi) is 7.72. The molecule has 1 aromatic rings. The van der Waals surface area contributed by atoms with E-state index in [1.807, 2.05) is 51.1 Å². The van der Waals surface area contributed by atoms with Crippen molar-refractivity contribution >= 4 is 14.0 Å². The van der Waals surface area contributed by atoms with Crippen molar-refractivity contribution in [1.82, 2.24) is 0 Å². The van der Waals surface area contributed by atoms with Crippen LogP contribution in [-0.2, 0) is 16.0 Å². The minimum absolute atomic E-state index is 0.256. The Morgan fingerprint density at radius 2 is 1.62 bits per heavy atom. The molecule has 0 saturated carbocycles. The second kappa shape index (κ2) is 9.05. The molecule has 0 aliphatic heterocycles. The summed E-state index contributed by atoms with van der Waals surface area (Å²) in [7, 11) is -1.47. The molecule has 2 nitrogen and oxygen atoms in total. The highest BCUT2D eigenvalue weighted by atomic mass is 28.3. The lowest BCUT2D eigenvalue weighted by Gasteiger charge is -2.23. The zero-order chi connectivity index (χ0) is 18.2. The van der Waals surface area contributed by atoms with E-state index in [2.05, 4.69) is 32.2 Å². The van der Waals surface area contributed by atoms with Crippen LogP contribution in [-0.4, -0.2) is 19.6 Å². The fourth-order valence-electron chi connectivity index (χ4n) is 2.62. The van der Waals surface area contributed by atoms with Crippen LogP contribution in [0.1, 0.15) is 47.1 Å². The minimum Gasteiger partial charge on any atom is -0.456 e. The largest absolute Gasteiger partial charge is 0.456 e. The molecule has 0 radical (unpaired) electrons. The summed E-state index contributed by atoms with van der Waals surface area (Å²) < 4.78 is 5.60. The number of carbonyl (C=O) groups is 1. The Balaban J connectivity index is 3.21. The first kappa shape index (κ1) is 20.5. The van der Waals surface area contributed by atoms with Crippen LogP contribution in [0.15, 0.2) is 47.3 Å². The molecule has 0 heterocycles. The summed E-state index contributed by atoms with van der Waals surface area (Å²) in [5, 5.41) is 0. The van der Waals surface area contributed by atoms with E-state index in [-0.39, 0.29) is 5.97 Å². The molecule has 0 saturated heterocycles. The van der Waals surface area contributed by atoms with Gasteiger partial charge in [0.25, 0.3) is 0 Å². The average molecular weight is 345 g/mol. The van der Waals surface area contributed by atoms with Crippen molar-refractivity contribution in [2.45, 2.75) is 71.7 Å². The van der Waals surface area contributed by atoms with E-state index in [4.69, 9.17) is 4.74 Å². The lowest BCUT2D eigenvalue weighted by atomic mass is 10.1. The van der Waals surface area contributed by atoms with Gasteiger partial charge in [-0.3, -0.25) is 0 Å². The second-order valence-corrected chi connectivity index (χ2v) is 12.5. The van der Waals surface area contributed by atoms with Gasteiger partial charge in [0.2, 0.25) is 0 Å². The van der Waals surface area contributed by atoms with E-state index < -0.39 is 13.7 Å². The van der Waals surface area contributed by atoms with Gasteiger partial charge < -0.3 is 4.74 Å².